The van der Waals surface area contributed by atoms with Gasteiger partial charge in [0, 0.05) is 76.6 Å². The van der Waals surface area contributed by atoms with Crippen LogP contribution in [0.15, 0.2) is 350 Å². The van der Waals surface area contributed by atoms with Crippen molar-refractivity contribution in [3.63, 3.8) is 0 Å². The molecular weight excluding hydrogens is 1860 g/mol. The van der Waals surface area contributed by atoms with Gasteiger partial charge in [0.15, 0.2) is 32.7 Å². The van der Waals surface area contributed by atoms with Crippen molar-refractivity contribution in [2.45, 2.75) is 65.8 Å². The van der Waals surface area contributed by atoms with Crippen molar-refractivity contribution in [2.24, 2.45) is 0 Å². The largest absolute Gasteiger partial charge is 0.455 e. The quantitative estimate of drug-likeness (QED) is 0.0317. The van der Waals surface area contributed by atoms with Crippen LogP contribution >= 0.6 is 11.6 Å². The highest BCUT2D eigenvalue weighted by Gasteiger charge is 2.29. The first-order valence-corrected chi connectivity index (χ1v) is 45.6. The molecular formula is C113H87ClN22O10. The second-order valence-electron chi connectivity index (χ2n) is 32.8. The van der Waals surface area contributed by atoms with Gasteiger partial charge in [0.2, 0.25) is 17.1 Å². The summed E-state index contributed by atoms with van der Waals surface area (Å²) in [4.78, 5) is 113. The van der Waals surface area contributed by atoms with Gasteiger partial charge in [-0.3, -0.25) is 38.9 Å². The zero-order valence-corrected chi connectivity index (χ0v) is 79.5. The molecule has 20 aromatic rings. The van der Waals surface area contributed by atoms with E-state index in [0.29, 0.717) is 163 Å². The molecule has 0 amide bonds. The normalized spacial score (nSPS) is 11.3. The molecule has 0 aliphatic carbocycles. The fraction of sp³-hybridized carbons (Fsp3) is 0.0885. The average molecular weight is 1950 g/mol. The van der Waals surface area contributed by atoms with E-state index in [1.165, 1.54) is 18.6 Å². The van der Waals surface area contributed by atoms with Crippen LogP contribution in [-0.4, -0.2) is 34.9 Å². The minimum atomic E-state index is -0.519. The molecule has 10 aromatic carbocycles. The lowest BCUT2D eigenvalue weighted by Gasteiger charge is -2.19. The number of fused-ring (bicyclic) bond motifs is 5. The Balaban J connectivity index is 0.000000131. The van der Waals surface area contributed by atoms with Gasteiger partial charge in [0.1, 0.15) is 104 Å². The van der Waals surface area contributed by atoms with Crippen LogP contribution in [0.5, 0.6) is 0 Å². The van der Waals surface area contributed by atoms with E-state index in [2.05, 4.69) is 85.7 Å². The predicted molar refractivity (Wildman–Crippen MR) is 575 cm³/mol. The smallest absolute Gasteiger partial charge is 0.268 e. The molecule has 3 unspecified atom stereocenters. The molecule has 0 saturated heterocycles. The lowest BCUT2D eigenvalue weighted by atomic mass is 9.99. The molecule has 33 heteroatoms. The Labute approximate surface area is 838 Å². The van der Waals surface area contributed by atoms with Crippen LogP contribution in [0.25, 0.3) is 136 Å². The number of benzene rings is 10. The zero-order valence-electron chi connectivity index (χ0n) is 78.7. The maximum Gasteiger partial charge on any atom is 0.268 e. The van der Waals surface area contributed by atoms with Crippen LogP contribution in [0.3, 0.4) is 0 Å². The molecule has 0 spiro atoms. The maximum absolute atomic E-state index is 13.5. The molecule has 3 atom stereocenters. The van der Waals surface area contributed by atoms with Crippen molar-refractivity contribution in [1.82, 2.24) is 34.9 Å². The number of halogens is 1. The molecule has 0 bridgehead atoms. The minimum absolute atomic E-state index is 0.0982. The number of aryl methyl sites for hydroxylation is 2. The second-order valence-corrected chi connectivity index (χ2v) is 33.2. The molecule has 20 rings (SSSR count). The third kappa shape index (κ3) is 21.3. The molecule has 10 heterocycles. The van der Waals surface area contributed by atoms with E-state index in [9.17, 15) is 24.0 Å². The third-order valence-corrected chi connectivity index (χ3v) is 23.5. The summed E-state index contributed by atoms with van der Waals surface area (Å²) in [6, 6.07) is 84.0. The SMILES string of the molecule is [C-]#[N+]c1c(N)ccnc1NC(C)c1c(-c2ccccc2)oc2c(Cl)cccc2c1=O.[C-]#[N+]c1c(N)ccnc1NC(C)c1c(-c2ccccc2)oc2ccccc2c1=O.[C-]#[N+]c1c(N)ccnc1NCc1c(-c2ccccc2)oc2ccccc2c1=O.[C-]#[N+]c1c(N)nc(C)nc1NC(C)c1c(-c2ccccc2)oc2ccccc2c1=O.[C-]#[N+]c1c(N)nc(C)nc1NCc1c(-c2ccccc2)oc2ccccc2c1=O. The van der Waals surface area contributed by atoms with Crippen molar-refractivity contribution >= 4 is 153 Å². The third-order valence-electron chi connectivity index (χ3n) is 23.2. The number of nitrogens with one attached hydrogen (secondary N) is 5. The number of hydrogen-bond donors (Lipinski definition) is 10. The van der Waals surface area contributed by atoms with Gasteiger partial charge in [-0.25, -0.2) is 44.2 Å². The Morgan fingerprint density at radius 3 is 0.938 bits per heavy atom. The molecule has 146 heavy (non-hydrogen) atoms. The van der Waals surface area contributed by atoms with Gasteiger partial charge in [-0.1, -0.05) is 218 Å². The van der Waals surface area contributed by atoms with E-state index in [-0.39, 0.29) is 91.9 Å². The Morgan fingerprint density at radius 1 is 0.301 bits per heavy atom. The Kier molecular flexibility index (Phi) is 30.1. The number of nitrogens with zero attached hydrogens (tertiary/aromatic N) is 12. The van der Waals surface area contributed by atoms with Gasteiger partial charge in [-0.2, -0.15) is 0 Å². The number of hydrogen-bond acceptors (Lipinski definition) is 27. The topological polar surface area (TPSA) is 453 Å². The summed E-state index contributed by atoms with van der Waals surface area (Å²) >= 11 is 6.30. The predicted octanol–water partition coefficient (Wildman–Crippen LogP) is 24.7. The number of aromatic nitrogens is 7. The molecule has 15 N–H and O–H groups in total. The van der Waals surface area contributed by atoms with Crippen molar-refractivity contribution in [1.29, 1.82) is 0 Å². The summed E-state index contributed by atoms with van der Waals surface area (Å²) < 4.78 is 30.6. The molecule has 32 nitrogen and oxygen atoms in total. The van der Waals surface area contributed by atoms with E-state index in [1.54, 1.807) is 123 Å². The second kappa shape index (κ2) is 44.6. The average Bonchev–Trinajstić information content (AvgIpc) is 0.763. The van der Waals surface area contributed by atoms with E-state index in [0.717, 1.165) is 27.8 Å². The summed E-state index contributed by atoms with van der Waals surface area (Å²) in [5.41, 5.74) is 39.1. The van der Waals surface area contributed by atoms with Gasteiger partial charge in [0.05, 0.1) is 111 Å². The minimum Gasteiger partial charge on any atom is -0.455 e. The van der Waals surface area contributed by atoms with Crippen molar-refractivity contribution in [3.8, 4) is 56.6 Å². The number of nitrogens with two attached hydrogens (primary N) is 5. The standard InChI is InChI=1S/C23H17ClN4O2.C23H19N5O2.C23H18N4O2.C22H17N5O2.C22H16N4O2/c1-13(28-23-19(26-2)17(25)11-12-27-23)18-20(29)15-9-6-10-16(24)22(15)30-21(18)14-7-4-3-5-8-14;1-13(26-23-19(25-3)22(24)27-14(2)28-23)18-20(29)16-11-7-8-12-17(16)30-21(18)15-9-5-4-6-10-15;1-14(27-23-20(25-2)17(24)12-13-26-23)19-21(28)16-10-6-7-11-18(16)29-22(19)15-8-4-3-5-9-15;1-13-26-21(23)18(24-2)22(27-13)25-12-16-19(28)15-10-6-7-11-17(15)29-20(16)14-8-4-3-5-9-14;1-24-19-17(23)11-12-25-22(19)26-13-16-20(27)15-9-5-6-10-18(15)28-21(16)14-7-3-2-4-8-14/h3-13H,1H3,(H3,25,27,28);4-13H,1-2H3,(H3,24,26,27,28);3-14H,1H3,(H3,24,26,27);3-11H,12H2,1H3,(H3,23,25,26,27);2-12H,13H2,(H3,23,25,26). The Hall–Kier alpha value is -20.4. The van der Waals surface area contributed by atoms with E-state index in [1.807, 2.05) is 197 Å². The van der Waals surface area contributed by atoms with E-state index >= 15 is 0 Å². The zero-order chi connectivity index (χ0) is 103. The summed E-state index contributed by atoms with van der Waals surface area (Å²) in [6.45, 7) is 46.0. The van der Waals surface area contributed by atoms with Crippen LogP contribution in [0.1, 0.15) is 78.4 Å². The molecule has 0 radical (unpaired) electrons. The lowest BCUT2D eigenvalue weighted by molar-refractivity contribution is 0.603. The fourth-order valence-corrected chi connectivity index (χ4v) is 16.5. The van der Waals surface area contributed by atoms with Crippen LogP contribution in [-0.2, 0) is 13.1 Å². The Bertz CT molecular complexity index is 8930. The van der Waals surface area contributed by atoms with Crippen molar-refractivity contribution in [2.75, 3.05) is 55.3 Å². The lowest BCUT2D eigenvalue weighted by Crippen LogP contribution is -2.20. The number of anilines is 10. The Morgan fingerprint density at radius 2 is 0.575 bits per heavy atom. The van der Waals surface area contributed by atoms with E-state index < -0.39 is 18.1 Å². The summed E-state index contributed by atoms with van der Waals surface area (Å²) in [7, 11) is 0. The van der Waals surface area contributed by atoms with Gasteiger partial charge >= 0.3 is 0 Å². The maximum atomic E-state index is 13.5. The molecule has 10 aromatic heterocycles. The fourth-order valence-electron chi connectivity index (χ4n) is 16.3. The number of nitrogen functional groups attached to an aromatic ring is 5. The van der Waals surface area contributed by atoms with Gasteiger partial charge in [-0.05, 0) is 113 Å². The van der Waals surface area contributed by atoms with Gasteiger partial charge < -0.3 is 77.3 Å². The number of rotatable bonds is 20. The van der Waals surface area contributed by atoms with Gasteiger partial charge in [0.25, 0.3) is 11.4 Å². The molecule has 716 valence electrons. The summed E-state index contributed by atoms with van der Waals surface area (Å²) in [5.74, 6) is 4.96. The van der Waals surface area contributed by atoms with Crippen molar-refractivity contribution < 1.29 is 22.1 Å². The number of para-hydroxylation sites is 5. The van der Waals surface area contributed by atoms with Crippen LogP contribution in [0.4, 0.5) is 86.2 Å². The van der Waals surface area contributed by atoms with E-state index in [4.69, 9.17) is 95.2 Å². The van der Waals surface area contributed by atoms with Crippen molar-refractivity contribution in [3.05, 3.63) is 456 Å². The molecule has 0 saturated carbocycles. The number of pyridine rings is 3. The van der Waals surface area contributed by atoms with Gasteiger partial charge in [-0.15, -0.1) is 0 Å². The molecule has 0 aliphatic heterocycles. The highest BCUT2D eigenvalue weighted by atomic mass is 35.5. The monoisotopic (exact) mass is 1950 g/mol. The first kappa shape index (κ1) is 98.6. The highest BCUT2D eigenvalue weighted by molar-refractivity contribution is 6.34. The first-order valence-electron chi connectivity index (χ1n) is 45.3. The van der Waals surface area contributed by atoms with Crippen LogP contribution in [0.2, 0.25) is 5.02 Å². The highest BCUT2D eigenvalue weighted by Crippen LogP contribution is 2.42. The molecule has 0 aliphatic rings. The summed E-state index contributed by atoms with van der Waals surface area (Å²) in [6.07, 6.45) is 4.56. The van der Waals surface area contributed by atoms with Crippen LogP contribution in [0, 0.1) is 46.7 Å². The first-order chi connectivity index (χ1) is 70.9. The van der Waals surface area contributed by atoms with Crippen LogP contribution < -0.4 is 82.4 Å². The summed E-state index contributed by atoms with van der Waals surface area (Å²) in [5, 5.41) is 18.4. The molecule has 0 fully saturated rings.